The second kappa shape index (κ2) is 9.84. The van der Waals surface area contributed by atoms with Gasteiger partial charge in [-0.1, -0.05) is 25.5 Å². The summed E-state index contributed by atoms with van der Waals surface area (Å²) in [5.41, 5.74) is -0.935. The number of ketones is 2. The number of Topliss-reactive ketones (excluding diaryl/α,β-unsaturated/α-hetero) is 2. The normalized spacial score (nSPS) is 17.3. The van der Waals surface area contributed by atoms with Gasteiger partial charge in [0.05, 0.1) is 5.41 Å². The fourth-order valence-electron chi connectivity index (χ4n) is 4.36. The molecular formula is C23H26FNO7. The van der Waals surface area contributed by atoms with Gasteiger partial charge in [0.25, 0.3) is 5.09 Å². The lowest BCUT2D eigenvalue weighted by atomic mass is 9.61. The van der Waals surface area contributed by atoms with Crippen molar-refractivity contribution >= 4 is 17.5 Å². The zero-order valence-corrected chi connectivity index (χ0v) is 18.4. The van der Waals surface area contributed by atoms with Crippen LogP contribution >= 0.6 is 0 Å². The van der Waals surface area contributed by atoms with Gasteiger partial charge in [-0.15, -0.1) is 10.1 Å². The van der Waals surface area contributed by atoms with Gasteiger partial charge in [-0.3, -0.25) is 14.4 Å². The number of rotatable bonds is 10. The van der Waals surface area contributed by atoms with E-state index in [1.54, 1.807) is 6.92 Å². The maximum atomic E-state index is 13.7. The van der Waals surface area contributed by atoms with Crippen LogP contribution in [0.4, 0.5) is 4.39 Å². The molecular weight excluding hydrogens is 421 g/mol. The summed E-state index contributed by atoms with van der Waals surface area (Å²) in [6, 6.07) is 4.95. The minimum atomic E-state index is -1.66. The predicted molar refractivity (Wildman–Crippen MR) is 113 cm³/mol. The summed E-state index contributed by atoms with van der Waals surface area (Å²) >= 11 is 0. The molecule has 2 rings (SSSR count). The molecule has 0 saturated carbocycles. The van der Waals surface area contributed by atoms with Crippen molar-refractivity contribution in [3.63, 3.8) is 0 Å². The Balaban J connectivity index is 2.96. The molecule has 1 aromatic carbocycles. The van der Waals surface area contributed by atoms with Gasteiger partial charge in [-0.2, -0.15) is 0 Å². The van der Waals surface area contributed by atoms with E-state index < -0.39 is 46.4 Å². The topological polar surface area (TPSA) is 124 Å². The first-order chi connectivity index (χ1) is 15.0. The fraction of sp³-hybridized carbons (Fsp3) is 0.435. The molecule has 0 aromatic heterocycles. The number of hydrogen-bond donors (Lipinski definition) is 1. The zero-order valence-electron chi connectivity index (χ0n) is 18.4. The molecule has 172 valence electrons. The van der Waals surface area contributed by atoms with Crippen molar-refractivity contribution in [1.82, 2.24) is 0 Å². The minimum absolute atomic E-state index is 0.0428. The van der Waals surface area contributed by atoms with E-state index in [9.17, 15) is 34.0 Å². The van der Waals surface area contributed by atoms with Gasteiger partial charge >= 0.3 is 5.97 Å². The molecule has 0 bridgehead atoms. The van der Waals surface area contributed by atoms with Crippen LogP contribution in [-0.2, 0) is 24.6 Å². The molecule has 0 fully saturated rings. The number of allylic oxidation sites excluding steroid dienone is 3. The third kappa shape index (κ3) is 4.61. The lowest BCUT2D eigenvalue weighted by Crippen LogP contribution is -2.48. The smallest absolute Gasteiger partial charge is 0.303 e. The Kier molecular flexibility index (Phi) is 7.66. The molecule has 0 radical (unpaired) electrons. The molecule has 0 aliphatic heterocycles. The molecule has 0 heterocycles. The second-order valence-corrected chi connectivity index (χ2v) is 7.89. The van der Waals surface area contributed by atoms with E-state index in [2.05, 4.69) is 0 Å². The number of hydrogen-bond acceptors (Lipinski definition) is 6. The number of aliphatic carboxylic acids is 1. The van der Waals surface area contributed by atoms with Gasteiger partial charge < -0.3 is 9.94 Å². The third-order valence-corrected chi connectivity index (χ3v) is 6.04. The highest BCUT2D eigenvalue weighted by Crippen LogP contribution is 2.47. The van der Waals surface area contributed by atoms with Gasteiger partial charge in [0.1, 0.15) is 11.9 Å². The molecule has 1 aliphatic carbocycles. The van der Waals surface area contributed by atoms with Crippen LogP contribution in [0.25, 0.3) is 0 Å². The van der Waals surface area contributed by atoms with Crippen molar-refractivity contribution in [1.29, 1.82) is 0 Å². The standard InChI is InChI=1S/C23H26FNO7/c1-5-6-18(32-25(30)31)23(12-11-19(26)27,16-7-9-17(24)10-8-16)20-15(4)21(28)13(2)14(3)22(20)29/h7-10,18H,5-6,11-12H2,1-4H3,(H,26,27). The zero-order chi connectivity index (χ0) is 24.2. The molecule has 0 amide bonds. The van der Waals surface area contributed by atoms with Crippen LogP contribution in [0.1, 0.15) is 58.9 Å². The molecule has 2 unspecified atom stereocenters. The van der Waals surface area contributed by atoms with E-state index >= 15 is 0 Å². The minimum Gasteiger partial charge on any atom is -0.481 e. The Labute approximate surface area is 184 Å². The average molecular weight is 447 g/mol. The van der Waals surface area contributed by atoms with Gasteiger partial charge in [-0.05, 0) is 51.3 Å². The van der Waals surface area contributed by atoms with Gasteiger partial charge in [0.2, 0.25) is 0 Å². The van der Waals surface area contributed by atoms with Crippen molar-refractivity contribution in [2.75, 3.05) is 0 Å². The number of carbonyl (C=O) groups excluding carboxylic acids is 2. The average Bonchev–Trinajstić information content (AvgIpc) is 2.73. The predicted octanol–water partition coefficient (Wildman–Crippen LogP) is 4.11. The van der Waals surface area contributed by atoms with E-state index in [0.29, 0.717) is 6.42 Å². The van der Waals surface area contributed by atoms with Crippen LogP contribution in [0.2, 0.25) is 0 Å². The lowest BCUT2D eigenvalue weighted by molar-refractivity contribution is -0.771. The quantitative estimate of drug-likeness (QED) is 0.325. The fourth-order valence-corrected chi connectivity index (χ4v) is 4.36. The lowest BCUT2D eigenvalue weighted by Gasteiger charge is -2.43. The third-order valence-electron chi connectivity index (χ3n) is 6.04. The maximum absolute atomic E-state index is 13.7. The molecule has 0 spiro atoms. The summed E-state index contributed by atoms with van der Waals surface area (Å²) in [6.45, 7) is 6.20. The van der Waals surface area contributed by atoms with Crippen molar-refractivity contribution in [3.05, 3.63) is 68.1 Å². The molecule has 8 nitrogen and oxygen atoms in total. The molecule has 0 saturated heterocycles. The van der Waals surface area contributed by atoms with Crippen LogP contribution in [0.3, 0.4) is 0 Å². The maximum Gasteiger partial charge on any atom is 0.303 e. The Hall–Kier alpha value is -3.36. The van der Waals surface area contributed by atoms with E-state index in [1.165, 1.54) is 32.9 Å². The van der Waals surface area contributed by atoms with E-state index in [-0.39, 0.29) is 40.7 Å². The van der Waals surface area contributed by atoms with Crippen molar-refractivity contribution in [3.8, 4) is 0 Å². The monoisotopic (exact) mass is 447 g/mol. The first kappa shape index (κ1) is 24.9. The molecule has 9 heteroatoms. The van der Waals surface area contributed by atoms with E-state index in [0.717, 1.165) is 12.1 Å². The molecule has 1 aromatic rings. The number of carboxylic acid groups (broad SMARTS) is 1. The number of carbonyl (C=O) groups is 3. The van der Waals surface area contributed by atoms with Crippen LogP contribution in [0, 0.1) is 15.9 Å². The summed E-state index contributed by atoms with van der Waals surface area (Å²) < 4.78 is 13.7. The van der Waals surface area contributed by atoms with Gasteiger partial charge in [0, 0.05) is 28.7 Å². The van der Waals surface area contributed by atoms with Crippen LogP contribution in [-0.4, -0.2) is 33.8 Å². The highest BCUT2D eigenvalue weighted by Gasteiger charge is 2.51. The first-order valence-electron chi connectivity index (χ1n) is 10.2. The number of benzene rings is 1. The van der Waals surface area contributed by atoms with Gasteiger partial charge in [-0.25, -0.2) is 4.39 Å². The summed E-state index contributed by atoms with van der Waals surface area (Å²) in [5, 5.41) is 19.8. The summed E-state index contributed by atoms with van der Waals surface area (Å²) in [7, 11) is 0. The van der Waals surface area contributed by atoms with Crippen LogP contribution in [0.5, 0.6) is 0 Å². The van der Waals surface area contributed by atoms with Crippen LogP contribution in [0.15, 0.2) is 46.6 Å². The summed E-state index contributed by atoms with van der Waals surface area (Å²) in [4.78, 5) is 54.5. The highest BCUT2D eigenvalue weighted by atomic mass is 19.1. The summed E-state index contributed by atoms with van der Waals surface area (Å²) in [5.74, 6) is -2.69. The molecule has 32 heavy (non-hydrogen) atoms. The summed E-state index contributed by atoms with van der Waals surface area (Å²) in [6.07, 6.45) is -1.49. The number of halogens is 1. The largest absolute Gasteiger partial charge is 0.481 e. The van der Waals surface area contributed by atoms with E-state index in [4.69, 9.17) is 4.84 Å². The molecule has 1 N–H and O–H groups in total. The Morgan fingerprint density at radius 1 is 1.12 bits per heavy atom. The highest BCUT2D eigenvalue weighted by molar-refractivity contribution is 6.25. The second-order valence-electron chi connectivity index (χ2n) is 7.89. The SMILES string of the molecule is CCCC(O[N+](=O)[O-])C(CCC(=O)O)(C1=C(C)C(=O)C(C)=C(C)C1=O)c1ccc(F)cc1. The van der Waals surface area contributed by atoms with Crippen LogP contribution < -0.4 is 0 Å². The van der Waals surface area contributed by atoms with Gasteiger partial charge in [0.15, 0.2) is 11.6 Å². The molecule has 1 aliphatic rings. The Morgan fingerprint density at radius 2 is 1.69 bits per heavy atom. The Morgan fingerprint density at radius 3 is 2.19 bits per heavy atom. The molecule has 2 atom stereocenters. The number of carboxylic acids is 1. The van der Waals surface area contributed by atoms with Crippen molar-refractivity contribution < 1.29 is 33.8 Å². The van der Waals surface area contributed by atoms with E-state index in [1.807, 2.05) is 0 Å². The van der Waals surface area contributed by atoms with Crippen molar-refractivity contribution in [2.24, 2.45) is 0 Å². The Bertz CT molecular complexity index is 1010. The first-order valence-corrected chi connectivity index (χ1v) is 10.2. The number of nitrogens with zero attached hydrogens (tertiary/aromatic N) is 1. The van der Waals surface area contributed by atoms with Crippen molar-refractivity contribution in [2.45, 2.75) is 64.9 Å².